The number of carbonyl (C=O) groups excluding carboxylic acids is 1. The topological polar surface area (TPSA) is 94.0 Å². The second-order valence-corrected chi connectivity index (χ2v) is 8.47. The van der Waals surface area contributed by atoms with E-state index in [4.69, 9.17) is 0 Å². The van der Waals surface area contributed by atoms with Crippen LogP contribution in [-0.2, 0) is 14.6 Å². The van der Waals surface area contributed by atoms with Crippen molar-refractivity contribution >= 4 is 21.8 Å². The Balaban J connectivity index is 1.84. The van der Waals surface area contributed by atoms with Crippen molar-refractivity contribution in [2.24, 2.45) is 0 Å². The normalized spacial score (nSPS) is 11.6. The number of benzene rings is 1. The summed E-state index contributed by atoms with van der Waals surface area (Å²) in [6, 6.07) is 13.4. The Morgan fingerprint density at radius 1 is 1.18 bits per heavy atom. The lowest BCUT2D eigenvalue weighted by Gasteiger charge is -2.00. The molecule has 1 amide bonds. The van der Waals surface area contributed by atoms with Crippen LogP contribution in [0.1, 0.15) is 5.56 Å². The van der Waals surface area contributed by atoms with E-state index in [1.165, 1.54) is 6.08 Å². The second-order valence-electron chi connectivity index (χ2n) is 6.21. The quantitative estimate of drug-likeness (QED) is 0.617. The molecule has 1 N–H and O–H groups in total. The van der Waals surface area contributed by atoms with Crippen LogP contribution in [0.3, 0.4) is 0 Å². The molecule has 0 bridgehead atoms. The lowest BCUT2D eigenvalue weighted by molar-refractivity contribution is -0.116. The van der Waals surface area contributed by atoms with Gasteiger partial charge in [0.05, 0.1) is 11.4 Å². The summed E-state index contributed by atoms with van der Waals surface area (Å²) in [5, 5.41) is 7.20. The molecule has 0 saturated heterocycles. The summed E-state index contributed by atoms with van der Waals surface area (Å²) in [7, 11) is -3.12. The zero-order chi connectivity index (χ0) is 20.0. The number of pyridine rings is 1. The molecule has 144 valence electrons. The Hall–Kier alpha value is -3.26. The lowest BCUT2D eigenvalue weighted by atomic mass is 10.1. The van der Waals surface area contributed by atoms with Crippen LogP contribution in [0.4, 0.5) is 0 Å². The largest absolute Gasteiger partial charge is 0.352 e. The summed E-state index contributed by atoms with van der Waals surface area (Å²) >= 11 is 0. The van der Waals surface area contributed by atoms with Crippen LogP contribution in [0, 0.1) is 0 Å². The number of hydrogen-bond acceptors (Lipinski definition) is 5. The molecule has 0 atom stereocenters. The number of rotatable bonds is 7. The highest BCUT2D eigenvalue weighted by Gasteiger charge is 2.11. The fraction of sp³-hybridized carbons (Fsp3) is 0.150. The molecule has 2 heterocycles. The molecule has 0 aliphatic rings. The second kappa shape index (κ2) is 8.62. The number of carbonyl (C=O) groups is 1. The van der Waals surface area contributed by atoms with E-state index in [0.717, 1.165) is 23.1 Å². The van der Waals surface area contributed by atoms with Gasteiger partial charge in [-0.05, 0) is 30.3 Å². The van der Waals surface area contributed by atoms with Gasteiger partial charge in [-0.1, -0.05) is 18.2 Å². The summed E-state index contributed by atoms with van der Waals surface area (Å²) in [6.45, 7) is 0.0702. The smallest absolute Gasteiger partial charge is 0.244 e. The number of hydrogen-bond donors (Lipinski definition) is 1. The molecule has 0 aliphatic carbocycles. The van der Waals surface area contributed by atoms with Crippen molar-refractivity contribution in [1.82, 2.24) is 20.1 Å². The minimum Gasteiger partial charge on any atom is -0.352 e. The van der Waals surface area contributed by atoms with Crippen LogP contribution in [0.25, 0.3) is 23.0 Å². The average molecular weight is 396 g/mol. The number of para-hydroxylation sites is 1. The predicted molar refractivity (Wildman–Crippen MR) is 109 cm³/mol. The Morgan fingerprint density at radius 2 is 1.96 bits per heavy atom. The highest BCUT2D eigenvalue weighted by Crippen LogP contribution is 2.24. The van der Waals surface area contributed by atoms with Gasteiger partial charge in [-0.3, -0.25) is 9.78 Å². The van der Waals surface area contributed by atoms with Gasteiger partial charge in [0.15, 0.2) is 0 Å². The highest BCUT2D eigenvalue weighted by atomic mass is 32.2. The first-order chi connectivity index (χ1) is 13.4. The van der Waals surface area contributed by atoms with E-state index < -0.39 is 9.84 Å². The van der Waals surface area contributed by atoms with Crippen LogP contribution in [0.2, 0.25) is 0 Å². The SMILES string of the molecule is CS(=O)(=O)CCNC(=O)/C=C/c1cn(-c2ccccc2)nc1-c1cccnc1. The van der Waals surface area contributed by atoms with Crippen molar-refractivity contribution in [2.75, 3.05) is 18.6 Å². The highest BCUT2D eigenvalue weighted by molar-refractivity contribution is 7.90. The maximum Gasteiger partial charge on any atom is 0.244 e. The molecular weight excluding hydrogens is 376 g/mol. The third kappa shape index (κ3) is 5.37. The molecule has 3 rings (SSSR count). The standard InChI is InChI=1S/C20H20N4O3S/c1-28(26,27)13-12-22-19(25)10-9-17-15-24(18-7-3-2-4-8-18)23-20(17)16-6-5-11-21-14-16/h2-11,14-15H,12-13H2,1H3,(H,22,25)/b10-9+. The van der Waals surface area contributed by atoms with Gasteiger partial charge >= 0.3 is 0 Å². The minimum atomic E-state index is -3.12. The van der Waals surface area contributed by atoms with Gasteiger partial charge in [0.25, 0.3) is 0 Å². The van der Waals surface area contributed by atoms with E-state index in [1.807, 2.05) is 48.7 Å². The number of sulfone groups is 1. The third-order valence-corrected chi connectivity index (χ3v) is 4.83. The Morgan fingerprint density at radius 3 is 2.64 bits per heavy atom. The van der Waals surface area contributed by atoms with Gasteiger partial charge in [-0.2, -0.15) is 5.10 Å². The molecule has 0 aliphatic heterocycles. The van der Waals surface area contributed by atoms with Crippen molar-refractivity contribution in [2.45, 2.75) is 0 Å². The van der Waals surface area contributed by atoms with E-state index in [1.54, 1.807) is 23.2 Å². The van der Waals surface area contributed by atoms with Crippen LogP contribution < -0.4 is 5.32 Å². The summed E-state index contributed by atoms with van der Waals surface area (Å²) in [5.74, 6) is -0.465. The molecule has 8 heteroatoms. The van der Waals surface area contributed by atoms with Crippen LogP contribution in [0.5, 0.6) is 0 Å². The number of amides is 1. The summed E-state index contributed by atoms with van der Waals surface area (Å²) in [5.41, 5.74) is 3.16. The predicted octanol–water partition coefficient (Wildman–Crippen LogP) is 2.11. The van der Waals surface area contributed by atoms with Crippen LogP contribution in [0.15, 0.2) is 67.1 Å². The van der Waals surface area contributed by atoms with Gasteiger partial charge in [0.2, 0.25) is 5.91 Å². The zero-order valence-corrected chi connectivity index (χ0v) is 16.1. The Labute approximate surface area is 163 Å². The molecule has 28 heavy (non-hydrogen) atoms. The molecule has 0 saturated carbocycles. The molecule has 1 aromatic carbocycles. The van der Waals surface area contributed by atoms with Gasteiger partial charge in [-0.25, -0.2) is 13.1 Å². The first-order valence-corrected chi connectivity index (χ1v) is 10.7. The van der Waals surface area contributed by atoms with Gasteiger partial charge in [-0.15, -0.1) is 0 Å². The van der Waals surface area contributed by atoms with Crippen molar-refractivity contribution in [3.63, 3.8) is 0 Å². The monoisotopic (exact) mass is 396 g/mol. The van der Waals surface area contributed by atoms with Crippen molar-refractivity contribution in [3.05, 3.63) is 72.7 Å². The van der Waals surface area contributed by atoms with E-state index in [2.05, 4.69) is 15.4 Å². The average Bonchev–Trinajstić information content (AvgIpc) is 3.11. The molecule has 3 aromatic rings. The number of nitrogens with zero attached hydrogens (tertiary/aromatic N) is 3. The Bertz CT molecular complexity index is 1080. The van der Waals surface area contributed by atoms with Crippen molar-refractivity contribution < 1.29 is 13.2 Å². The van der Waals surface area contributed by atoms with Crippen LogP contribution >= 0.6 is 0 Å². The lowest BCUT2D eigenvalue weighted by Crippen LogP contribution is -2.27. The van der Waals surface area contributed by atoms with Gasteiger partial charge in [0.1, 0.15) is 15.5 Å². The van der Waals surface area contributed by atoms with E-state index in [-0.39, 0.29) is 18.2 Å². The maximum absolute atomic E-state index is 12.0. The molecule has 0 spiro atoms. The van der Waals surface area contributed by atoms with E-state index in [9.17, 15) is 13.2 Å². The van der Waals surface area contributed by atoms with Crippen LogP contribution in [-0.4, -0.2) is 47.6 Å². The fourth-order valence-corrected chi connectivity index (χ4v) is 3.01. The van der Waals surface area contributed by atoms with Crippen molar-refractivity contribution in [3.8, 4) is 16.9 Å². The number of aromatic nitrogens is 3. The van der Waals surface area contributed by atoms with Crippen molar-refractivity contribution in [1.29, 1.82) is 0 Å². The first-order valence-electron chi connectivity index (χ1n) is 8.61. The molecular formula is C20H20N4O3S. The van der Waals surface area contributed by atoms with E-state index in [0.29, 0.717) is 5.69 Å². The summed E-state index contributed by atoms with van der Waals surface area (Å²) in [4.78, 5) is 16.1. The molecule has 2 aromatic heterocycles. The number of nitrogens with one attached hydrogen (secondary N) is 1. The zero-order valence-electron chi connectivity index (χ0n) is 15.3. The first kappa shape index (κ1) is 19.5. The molecule has 0 fully saturated rings. The van der Waals surface area contributed by atoms with Gasteiger partial charge in [0, 0.05) is 48.6 Å². The van der Waals surface area contributed by atoms with E-state index >= 15 is 0 Å². The summed E-state index contributed by atoms with van der Waals surface area (Å²) < 4.78 is 24.0. The maximum atomic E-state index is 12.0. The summed E-state index contributed by atoms with van der Waals surface area (Å²) in [6.07, 6.45) is 9.38. The fourth-order valence-electron chi connectivity index (χ4n) is 2.53. The molecule has 0 unspecified atom stereocenters. The van der Waals surface area contributed by atoms with Gasteiger partial charge < -0.3 is 5.32 Å². The molecule has 0 radical (unpaired) electrons. The molecule has 7 nitrogen and oxygen atoms in total. The Kier molecular flexibility index (Phi) is 6.00. The minimum absolute atomic E-state index is 0.0702. The third-order valence-electron chi connectivity index (χ3n) is 3.88.